The molecule has 0 aromatic heterocycles. The Kier molecular flexibility index (Phi) is 5.22. The number of oxime groups is 1. The van der Waals surface area contributed by atoms with Crippen molar-refractivity contribution in [3.63, 3.8) is 0 Å². The molecule has 0 amide bonds. The fraction of sp³-hybridized carbons (Fsp3) is 0.750. The van der Waals surface area contributed by atoms with Crippen LogP contribution in [-0.4, -0.2) is 17.5 Å². The summed E-state index contributed by atoms with van der Waals surface area (Å²) >= 11 is 0. The lowest BCUT2D eigenvalue weighted by Crippen LogP contribution is -2.12. The number of rotatable bonds is 5. The van der Waals surface area contributed by atoms with Gasteiger partial charge in [0.1, 0.15) is 5.76 Å². The Morgan fingerprint density at radius 3 is 2.80 bits per heavy atom. The van der Waals surface area contributed by atoms with Crippen molar-refractivity contribution in [1.82, 2.24) is 0 Å². The second-order valence-corrected chi connectivity index (χ2v) is 4.00. The third kappa shape index (κ3) is 3.57. The summed E-state index contributed by atoms with van der Waals surface area (Å²) in [6.07, 6.45) is 6.41. The number of ether oxygens (including phenoxy) is 1. The van der Waals surface area contributed by atoms with Gasteiger partial charge in [0.05, 0.1) is 12.3 Å². The van der Waals surface area contributed by atoms with Gasteiger partial charge in [0.2, 0.25) is 0 Å². The van der Waals surface area contributed by atoms with E-state index in [2.05, 4.69) is 12.1 Å². The third-order valence-electron chi connectivity index (χ3n) is 2.81. The van der Waals surface area contributed by atoms with Crippen molar-refractivity contribution in [3.05, 3.63) is 11.3 Å². The number of hydrogen-bond donors (Lipinski definition) is 1. The molecule has 0 saturated carbocycles. The fourth-order valence-corrected chi connectivity index (χ4v) is 1.81. The Morgan fingerprint density at radius 1 is 1.33 bits per heavy atom. The van der Waals surface area contributed by atoms with Crippen LogP contribution in [0.2, 0.25) is 0 Å². The van der Waals surface area contributed by atoms with Gasteiger partial charge >= 0.3 is 0 Å². The van der Waals surface area contributed by atoms with Crippen molar-refractivity contribution >= 4 is 5.71 Å². The Hall–Kier alpha value is -0.990. The highest BCUT2D eigenvalue weighted by Gasteiger charge is 2.16. The molecule has 0 heterocycles. The molecule has 86 valence electrons. The Labute approximate surface area is 91.8 Å². The van der Waals surface area contributed by atoms with Gasteiger partial charge in [-0.05, 0) is 26.2 Å². The van der Waals surface area contributed by atoms with Crippen LogP contribution in [0.4, 0.5) is 0 Å². The summed E-state index contributed by atoms with van der Waals surface area (Å²) in [6.45, 7) is 4.95. The van der Waals surface area contributed by atoms with Crippen LogP contribution >= 0.6 is 0 Å². The monoisotopic (exact) mass is 211 g/mol. The SMILES string of the molecule is CCCCCOC1=C(C)C(=NO)CCC1. The van der Waals surface area contributed by atoms with Crippen LogP contribution in [-0.2, 0) is 4.74 Å². The van der Waals surface area contributed by atoms with Crippen molar-refractivity contribution < 1.29 is 9.94 Å². The van der Waals surface area contributed by atoms with Crippen LogP contribution in [0.3, 0.4) is 0 Å². The molecule has 1 N–H and O–H groups in total. The van der Waals surface area contributed by atoms with Gasteiger partial charge in [-0.1, -0.05) is 24.9 Å². The van der Waals surface area contributed by atoms with Gasteiger partial charge in [0.15, 0.2) is 0 Å². The fourth-order valence-electron chi connectivity index (χ4n) is 1.81. The minimum Gasteiger partial charge on any atom is -0.498 e. The number of nitrogens with zero attached hydrogens (tertiary/aromatic N) is 1. The van der Waals surface area contributed by atoms with Crippen molar-refractivity contribution in [2.75, 3.05) is 6.61 Å². The highest BCUT2D eigenvalue weighted by molar-refractivity contribution is 6.00. The van der Waals surface area contributed by atoms with Gasteiger partial charge < -0.3 is 9.94 Å². The molecular formula is C12H21NO2. The molecule has 0 atom stereocenters. The zero-order valence-electron chi connectivity index (χ0n) is 9.75. The minimum atomic E-state index is 0.784. The maximum absolute atomic E-state index is 8.79. The molecule has 0 bridgehead atoms. The average molecular weight is 211 g/mol. The van der Waals surface area contributed by atoms with E-state index in [0.717, 1.165) is 49.3 Å². The molecule has 0 unspecified atom stereocenters. The average Bonchev–Trinajstić information content (AvgIpc) is 2.26. The molecule has 3 heteroatoms. The summed E-state index contributed by atoms with van der Waals surface area (Å²) in [7, 11) is 0. The Balaban J connectivity index is 2.45. The van der Waals surface area contributed by atoms with E-state index in [4.69, 9.17) is 9.94 Å². The summed E-state index contributed by atoms with van der Waals surface area (Å²) in [4.78, 5) is 0. The Morgan fingerprint density at radius 2 is 2.13 bits per heavy atom. The van der Waals surface area contributed by atoms with Gasteiger partial charge in [-0.25, -0.2) is 0 Å². The molecule has 1 aliphatic carbocycles. The summed E-state index contributed by atoms with van der Waals surface area (Å²) in [5.74, 6) is 1.02. The number of hydrogen-bond acceptors (Lipinski definition) is 3. The maximum atomic E-state index is 8.79. The van der Waals surface area contributed by atoms with Gasteiger partial charge in [-0.2, -0.15) is 0 Å². The highest BCUT2D eigenvalue weighted by atomic mass is 16.5. The molecule has 0 saturated heterocycles. The topological polar surface area (TPSA) is 41.8 Å². The molecule has 0 spiro atoms. The van der Waals surface area contributed by atoms with Gasteiger partial charge in [-0.15, -0.1) is 0 Å². The van der Waals surface area contributed by atoms with E-state index >= 15 is 0 Å². The smallest absolute Gasteiger partial charge is 0.101 e. The van der Waals surface area contributed by atoms with Crippen LogP contribution in [0.1, 0.15) is 52.4 Å². The molecule has 0 aromatic carbocycles. The van der Waals surface area contributed by atoms with Crippen LogP contribution in [0.5, 0.6) is 0 Å². The lowest BCUT2D eigenvalue weighted by Gasteiger charge is -2.19. The molecule has 1 aliphatic rings. The minimum absolute atomic E-state index is 0.784. The Bertz CT molecular complexity index is 256. The predicted molar refractivity (Wildman–Crippen MR) is 61.2 cm³/mol. The van der Waals surface area contributed by atoms with E-state index in [-0.39, 0.29) is 0 Å². The van der Waals surface area contributed by atoms with Gasteiger partial charge in [0, 0.05) is 12.0 Å². The second-order valence-electron chi connectivity index (χ2n) is 4.00. The van der Waals surface area contributed by atoms with E-state index in [0.29, 0.717) is 0 Å². The first-order valence-corrected chi connectivity index (χ1v) is 5.83. The normalized spacial score (nSPS) is 19.7. The van der Waals surface area contributed by atoms with Crippen LogP contribution in [0.15, 0.2) is 16.5 Å². The standard InChI is InChI=1S/C12H21NO2/c1-3-4-5-9-15-12-8-6-7-11(13-14)10(12)2/h14H,3-9H2,1-2H3. The maximum Gasteiger partial charge on any atom is 0.101 e. The highest BCUT2D eigenvalue weighted by Crippen LogP contribution is 2.23. The first kappa shape index (κ1) is 12.1. The number of allylic oxidation sites excluding steroid dienone is 2. The quantitative estimate of drug-likeness (QED) is 0.429. The van der Waals surface area contributed by atoms with Gasteiger partial charge in [0.25, 0.3) is 0 Å². The second kappa shape index (κ2) is 6.49. The molecular weight excluding hydrogens is 190 g/mol. The lowest BCUT2D eigenvalue weighted by atomic mass is 9.97. The molecule has 0 aromatic rings. The van der Waals surface area contributed by atoms with Crippen molar-refractivity contribution in [2.24, 2.45) is 5.16 Å². The summed E-state index contributed by atoms with van der Waals surface area (Å²) in [5.41, 5.74) is 1.81. The molecule has 0 fully saturated rings. The molecule has 0 radical (unpaired) electrons. The molecule has 1 rings (SSSR count). The first-order valence-electron chi connectivity index (χ1n) is 5.83. The molecule has 15 heavy (non-hydrogen) atoms. The van der Waals surface area contributed by atoms with E-state index in [1.165, 1.54) is 12.8 Å². The molecule has 3 nitrogen and oxygen atoms in total. The summed E-state index contributed by atoms with van der Waals surface area (Å²) in [6, 6.07) is 0. The van der Waals surface area contributed by atoms with E-state index in [1.807, 2.05) is 6.92 Å². The third-order valence-corrected chi connectivity index (χ3v) is 2.81. The zero-order chi connectivity index (χ0) is 11.1. The van der Waals surface area contributed by atoms with Crippen molar-refractivity contribution in [3.8, 4) is 0 Å². The van der Waals surface area contributed by atoms with E-state index in [9.17, 15) is 0 Å². The largest absolute Gasteiger partial charge is 0.498 e. The first-order chi connectivity index (χ1) is 7.29. The van der Waals surface area contributed by atoms with Crippen LogP contribution < -0.4 is 0 Å². The van der Waals surface area contributed by atoms with Crippen molar-refractivity contribution in [1.29, 1.82) is 0 Å². The van der Waals surface area contributed by atoms with Gasteiger partial charge in [-0.3, -0.25) is 0 Å². The van der Waals surface area contributed by atoms with E-state index < -0.39 is 0 Å². The predicted octanol–water partition coefficient (Wildman–Crippen LogP) is 3.48. The molecule has 0 aliphatic heterocycles. The van der Waals surface area contributed by atoms with Crippen LogP contribution in [0.25, 0.3) is 0 Å². The summed E-state index contributed by atoms with van der Waals surface area (Å²) in [5, 5.41) is 12.1. The summed E-state index contributed by atoms with van der Waals surface area (Å²) < 4.78 is 5.72. The van der Waals surface area contributed by atoms with Crippen molar-refractivity contribution in [2.45, 2.75) is 52.4 Å². The lowest BCUT2D eigenvalue weighted by molar-refractivity contribution is 0.191. The van der Waals surface area contributed by atoms with Crippen LogP contribution in [0, 0.1) is 0 Å². The van der Waals surface area contributed by atoms with E-state index in [1.54, 1.807) is 0 Å². The number of unbranched alkanes of at least 4 members (excludes halogenated alkanes) is 2. The zero-order valence-corrected chi connectivity index (χ0v) is 9.75.